The molecule has 0 aliphatic carbocycles. The van der Waals surface area contributed by atoms with Crippen molar-refractivity contribution in [2.45, 2.75) is 26.1 Å². The van der Waals surface area contributed by atoms with Gasteiger partial charge in [-0.1, -0.05) is 0 Å². The molecular weight excluding hydrogens is 168 g/mol. The highest BCUT2D eigenvalue weighted by atomic mass is 16.4. The molecule has 6 heteroatoms. The lowest BCUT2D eigenvalue weighted by molar-refractivity contribution is -0.314. The molecule has 0 aromatic rings. The summed E-state index contributed by atoms with van der Waals surface area (Å²) in [6, 6.07) is 0. The summed E-state index contributed by atoms with van der Waals surface area (Å²) in [7, 11) is 0. The molecule has 72 valence electrons. The molecule has 2 atom stereocenters. The van der Waals surface area contributed by atoms with E-state index in [9.17, 15) is 14.7 Å². The number of rotatable bonds is 2. The van der Waals surface area contributed by atoms with E-state index < -0.39 is 24.1 Å². The van der Waals surface area contributed by atoms with E-state index in [2.05, 4.69) is 0 Å². The van der Waals surface area contributed by atoms with E-state index in [1.165, 1.54) is 6.92 Å². The van der Waals surface area contributed by atoms with E-state index in [4.69, 9.17) is 15.3 Å². The summed E-state index contributed by atoms with van der Waals surface area (Å²) in [5.41, 5.74) is 0. The van der Waals surface area contributed by atoms with Crippen LogP contribution in [0.2, 0.25) is 0 Å². The van der Waals surface area contributed by atoms with Gasteiger partial charge in [0.25, 0.3) is 0 Å². The summed E-state index contributed by atoms with van der Waals surface area (Å²) in [5, 5.41) is 33.1. The first-order valence-corrected chi connectivity index (χ1v) is 3.08. The Kier molecular flexibility index (Phi) is 7.36. The van der Waals surface area contributed by atoms with Gasteiger partial charge in [0.1, 0.15) is 6.10 Å². The molecule has 12 heavy (non-hydrogen) atoms. The Morgan fingerprint density at radius 1 is 1.17 bits per heavy atom. The van der Waals surface area contributed by atoms with Crippen LogP contribution in [0.3, 0.4) is 0 Å². The average molecular weight is 179 g/mol. The number of carboxylic acid groups (broad SMARTS) is 2. The van der Waals surface area contributed by atoms with Crippen LogP contribution in [0.5, 0.6) is 0 Å². The molecule has 0 aliphatic heterocycles. The Morgan fingerprint density at radius 3 is 1.33 bits per heavy atom. The largest absolute Gasteiger partial charge is 0.547 e. The molecule has 3 N–H and O–H groups in total. The van der Waals surface area contributed by atoms with Crippen LogP contribution < -0.4 is 5.11 Å². The topological polar surface area (TPSA) is 118 Å². The zero-order chi connectivity index (χ0) is 10.3. The van der Waals surface area contributed by atoms with Crippen LogP contribution in [0.15, 0.2) is 0 Å². The lowest BCUT2D eigenvalue weighted by Gasteiger charge is -2.00. The van der Waals surface area contributed by atoms with Crippen molar-refractivity contribution in [3.63, 3.8) is 0 Å². The highest BCUT2D eigenvalue weighted by Gasteiger charge is 2.01. The van der Waals surface area contributed by atoms with Gasteiger partial charge in [-0.25, -0.2) is 4.79 Å². The fraction of sp³-hybridized carbons (Fsp3) is 0.667. The predicted octanol–water partition coefficient (Wildman–Crippen LogP) is -2.43. The van der Waals surface area contributed by atoms with E-state index in [0.717, 1.165) is 6.92 Å². The maximum atomic E-state index is 9.45. The van der Waals surface area contributed by atoms with Crippen LogP contribution in [0.25, 0.3) is 0 Å². The zero-order valence-electron chi connectivity index (χ0n) is 6.72. The second kappa shape index (κ2) is 6.56. The first kappa shape index (κ1) is 13.4. The van der Waals surface area contributed by atoms with Gasteiger partial charge in [0.15, 0.2) is 0 Å². The summed E-state index contributed by atoms with van der Waals surface area (Å²) in [6.07, 6.45) is -2.57. The summed E-state index contributed by atoms with van der Waals surface area (Å²) in [5.74, 6) is -2.62. The molecule has 0 radical (unpaired) electrons. The number of aliphatic carboxylic acids is 2. The summed E-state index contributed by atoms with van der Waals surface area (Å²) in [6.45, 7) is 2.33. The molecule has 6 nitrogen and oxygen atoms in total. The van der Waals surface area contributed by atoms with Crippen LogP contribution in [-0.2, 0) is 9.59 Å². The highest BCUT2D eigenvalue weighted by molar-refractivity contribution is 5.71. The van der Waals surface area contributed by atoms with Crippen molar-refractivity contribution < 1.29 is 30.0 Å². The Balaban J connectivity index is 0. The Hall–Kier alpha value is -1.14. The minimum absolute atomic E-state index is 1.13. The van der Waals surface area contributed by atoms with Gasteiger partial charge in [0.2, 0.25) is 0 Å². The van der Waals surface area contributed by atoms with Crippen LogP contribution in [-0.4, -0.2) is 39.5 Å². The van der Waals surface area contributed by atoms with Gasteiger partial charge in [-0.15, -0.1) is 0 Å². The standard InChI is InChI=1S/2C3H6O3/c2*1-2(4)3(5)6/h2*2,4H,1H3,(H,5,6)/p-1. The smallest absolute Gasteiger partial charge is 0.332 e. The van der Waals surface area contributed by atoms with Crippen molar-refractivity contribution in [1.29, 1.82) is 0 Å². The highest BCUT2D eigenvalue weighted by Crippen LogP contribution is 1.73. The number of aliphatic hydroxyl groups is 2. The van der Waals surface area contributed by atoms with Crippen LogP contribution in [0.1, 0.15) is 13.8 Å². The van der Waals surface area contributed by atoms with Crippen LogP contribution >= 0.6 is 0 Å². The van der Waals surface area contributed by atoms with Gasteiger partial charge >= 0.3 is 5.97 Å². The predicted molar refractivity (Wildman–Crippen MR) is 36.0 cm³/mol. The molecule has 0 rings (SSSR count). The second-order valence-corrected chi connectivity index (χ2v) is 2.01. The summed E-state index contributed by atoms with van der Waals surface area (Å²) < 4.78 is 0. The molecule has 0 bridgehead atoms. The SMILES string of the molecule is CC(O)C(=O)O.CC(O)C(=O)[O-]. The van der Waals surface area contributed by atoms with Gasteiger partial charge < -0.3 is 25.2 Å². The molecule has 0 aromatic carbocycles. The quantitative estimate of drug-likeness (QED) is 0.433. The van der Waals surface area contributed by atoms with Gasteiger partial charge in [-0.3, -0.25) is 0 Å². The molecular formula is C6H11O6-. The van der Waals surface area contributed by atoms with Gasteiger partial charge in [-0.05, 0) is 13.8 Å². The fourth-order valence-corrected chi connectivity index (χ4v) is 0. The third-order valence-corrected chi connectivity index (χ3v) is 0.699. The van der Waals surface area contributed by atoms with Crippen molar-refractivity contribution >= 4 is 11.9 Å². The average Bonchev–Trinajstić information content (AvgIpc) is 1.88. The van der Waals surface area contributed by atoms with Crippen LogP contribution in [0, 0.1) is 0 Å². The molecule has 0 aliphatic rings. The van der Waals surface area contributed by atoms with E-state index in [-0.39, 0.29) is 0 Å². The molecule has 0 spiro atoms. The molecule has 2 unspecified atom stereocenters. The van der Waals surface area contributed by atoms with Crippen molar-refractivity contribution in [3.8, 4) is 0 Å². The van der Waals surface area contributed by atoms with E-state index >= 15 is 0 Å². The number of carbonyl (C=O) groups is 2. The van der Waals surface area contributed by atoms with Gasteiger partial charge in [0.05, 0.1) is 12.1 Å². The van der Waals surface area contributed by atoms with E-state index in [1.54, 1.807) is 0 Å². The van der Waals surface area contributed by atoms with Crippen molar-refractivity contribution in [2.24, 2.45) is 0 Å². The third-order valence-electron chi connectivity index (χ3n) is 0.699. The normalized spacial score (nSPS) is 13.7. The molecule has 0 saturated carbocycles. The summed E-state index contributed by atoms with van der Waals surface area (Å²) >= 11 is 0. The molecule has 0 amide bonds. The minimum Gasteiger partial charge on any atom is -0.547 e. The second-order valence-electron chi connectivity index (χ2n) is 2.01. The number of hydrogen-bond acceptors (Lipinski definition) is 5. The van der Waals surface area contributed by atoms with Crippen molar-refractivity contribution in [3.05, 3.63) is 0 Å². The number of hydrogen-bond donors (Lipinski definition) is 3. The minimum atomic E-state index is -1.44. The lowest BCUT2D eigenvalue weighted by atomic mass is 10.4. The Morgan fingerprint density at radius 2 is 1.33 bits per heavy atom. The first-order valence-electron chi connectivity index (χ1n) is 3.08. The fourth-order valence-electron chi connectivity index (χ4n) is 0. The molecule has 0 heterocycles. The zero-order valence-corrected chi connectivity index (χ0v) is 6.72. The van der Waals surface area contributed by atoms with E-state index in [0.29, 0.717) is 0 Å². The van der Waals surface area contributed by atoms with Gasteiger partial charge in [0, 0.05) is 0 Å². The monoisotopic (exact) mass is 179 g/mol. The molecule has 0 saturated heterocycles. The Bertz CT molecular complexity index is 132. The van der Waals surface area contributed by atoms with Gasteiger partial charge in [-0.2, -0.15) is 0 Å². The number of carbonyl (C=O) groups excluding carboxylic acids is 1. The lowest BCUT2D eigenvalue weighted by Crippen LogP contribution is -2.32. The first-order chi connectivity index (χ1) is 5.29. The van der Waals surface area contributed by atoms with E-state index in [1.807, 2.05) is 0 Å². The maximum absolute atomic E-state index is 9.45. The number of aliphatic hydroxyl groups excluding tert-OH is 2. The maximum Gasteiger partial charge on any atom is 0.332 e. The van der Waals surface area contributed by atoms with Crippen molar-refractivity contribution in [2.75, 3.05) is 0 Å². The Labute approximate surface area is 69.1 Å². The van der Waals surface area contributed by atoms with Crippen LogP contribution in [0.4, 0.5) is 0 Å². The molecule has 0 aromatic heterocycles. The summed E-state index contributed by atoms with van der Waals surface area (Å²) in [4.78, 5) is 18.8. The molecule has 0 fully saturated rings. The van der Waals surface area contributed by atoms with Crippen molar-refractivity contribution in [1.82, 2.24) is 0 Å². The third kappa shape index (κ3) is 11.6. The number of carboxylic acids is 2.